The number of hydrogen-bond donors (Lipinski definition) is 0. The van der Waals surface area contributed by atoms with Gasteiger partial charge in [0.05, 0.1) is 5.69 Å². The average Bonchev–Trinajstić information content (AvgIpc) is 2.64. The summed E-state index contributed by atoms with van der Waals surface area (Å²) in [6.45, 7) is 6.77. The number of benzene rings is 2. The fraction of sp³-hybridized carbons (Fsp3) is 0.480. The van der Waals surface area contributed by atoms with E-state index in [-0.39, 0.29) is 0 Å². The lowest BCUT2D eigenvalue weighted by Crippen LogP contribution is -1.92. The molecule has 1 nitrogen and oxygen atoms in total. The van der Waals surface area contributed by atoms with Crippen molar-refractivity contribution in [2.75, 3.05) is 0 Å². The number of hydrogen-bond acceptors (Lipinski definition) is 1. The molecule has 0 amide bonds. The molecule has 1 heteroatoms. The molecule has 0 saturated heterocycles. The molecule has 0 aliphatic rings. The summed E-state index contributed by atoms with van der Waals surface area (Å²) in [4.78, 5) is 4.61. The zero-order valence-corrected chi connectivity index (χ0v) is 16.9. The van der Waals surface area contributed by atoms with E-state index in [1.165, 1.54) is 61.6 Å². The molecule has 0 aromatic heterocycles. The van der Waals surface area contributed by atoms with Crippen LogP contribution in [0.4, 0.5) is 5.69 Å². The van der Waals surface area contributed by atoms with Crippen molar-refractivity contribution in [1.82, 2.24) is 0 Å². The molecule has 2 rings (SSSR count). The molecule has 0 fully saturated rings. The van der Waals surface area contributed by atoms with Crippen LogP contribution < -0.4 is 0 Å². The Bertz CT molecular complexity index is 635. The van der Waals surface area contributed by atoms with Gasteiger partial charge in [-0.3, -0.25) is 4.99 Å². The molecule has 0 aliphatic carbocycles. The topological polar surface area (TPSA) is 12.4 Å². The van der Waals surface area contributed by atoms with Crippen LogP contribution in [0.1, 0.15) is 76.0 Å². The number of aryl methyl sites for hydroxylation is 1. The van der Waals surface area contributed by atoms with Gasteiger partial charge < -0.3 is 0 Å². The summed E-state index contributed by atoms with van der Waals surface area (Å²) in [6.07, 6.45) is 12.4. The third-order valence-corrected chi connectivity index (χ3v) is 4.74. The maximum absolute atomic E-state index is 4.61. The summed E-state index contributed by atoms with van der Waals surface area (Å²) >= 11 is 0. The van der Waals surface area contributed by atoms with Crippen LogP contribution in [-0.2, 0) is 12.8 Å². The smallest absolute Gasteiger partial charge is 0.0630 e. The van der Waals surface area contributed by atoms with E-state index in [2.05, 4.69) is 74.3 Å². The second kappa shape index (κ2) is 11.7. The Morgan fingerprint density at radius 3 is 2.04 bits per heavy atom. The maximum atomic E-state index is 4.61. The fourth-order valence-electron chi connectivity index (χ4n) is 3.22. The van der Waals surface area contributed by atoms with Gasteiger partial charge in [0.25, 0.3) is 0 Å². The van der Waals surface area contributed by atoms with Crippen molar-refractivity contribution in [2.24, 2.45) is 10.9 Å². The quantitative estimate of drug-likeness (QED) is 0.293. The van der Waals surface area contributed by atoms with E-state index in [1.807, 2.05) is 6.21 Å². The number of aliphatic imine (C=N–C) groups is 1. The highest BCUT2D eigenvalue weighted by Crippen LogP contribution is 2.16. The van der Waals surface area contributed by atoms with Crippen molar-refractivity contribution in [3.8, 4) is 0 Å². The molecule has 0 unspecified atom stereocenters. The van der Waals surface area contributed by atoms with Crippen LogP contribution in [0.3, 0.4) is 0 Å². The summed E-state index contributed by atoms with van der Waals surface area (Å²) in [5.41, 5.74) is 5.02. The van der Waals surface area contributed by atoms with Gasteiger partial charge in [0.15, 0.2) is 0 Å². The average molecular weight is 350 g/mol. The summed E-state index contributed by atoms with van der Waals surface area (Å²) in [7, 11) is 0. The summed E-state index contributed by atoms with van der Waals surface area (Å²) < 4.78 is 0. The third kappa shape index (κ3) is 7.99. The molecular formula is C25H35N. The SMILES string of the molecule is CCCCCCCCc1ccc(C=Nc2ccc(CC(C)C)cc2)cc1. The monoisotopic (exact) mass is 349 g/mol. The molecule has 26 heavy (non-hydrogen) atoms. The van der Waals surface area contributed by atoms with Crippen LogP contribution in [0.15, 0.2) is 53.5 Å². The highest BCUT2D eigenvalue weighted by Gasteiger charge is 1.98. The number of unbranched alkanes of at least 4 members (excludes halogenated alkanes) is 5. The van der Waals surface area contributed by atoms with Gasteiger partial charge in [-0.15, -0.1) is 0 Å². The largest absolute Gasteiger partial charge is 0.256 e. The first kappa shape index (κ1) is 20.4. The molecule has 0 heterocycles. The van der Waals surface area contributed by atoms with Gasteiger partial charge in [0.2, 0.25) is 0 Å². The Morgan fingerprint density at radius 2 is 1.38 bits per heavy atom. The van der Waals surface area contributed by atoms with Gasteiger partial charge in [-0.05, 0) is 54.0 Å². The highest BCUT2D eigenvalue weighted by atomic mass is 14.7. The van der Waals surface area contributed by atoms with Crippen LogP contribution in [0.2, 0.25) is 0 Å². The lowest BCUT2D eigenvalue weighted by atomic mass is 10.0. The third-order valence-electron chi connectivity index (χ3n) is 4.74. The van der Waals surface area contributed by atoms with Crippen LogP contribution in [0.5, 0.6) is 0 Å². The first-order valence-electron chi connectivity index (χ1n) is 10.4. The molecular weight excluding hydrogens is 314 g/mol. The molecule has 0 N–H and O–H groups in total. The minimum Gasteiger partial charge on any atom is -0.256 e. The molecule has 0 bridgehead atoms. The normalized spacial score (nSPS) is 11.5. The first-order chi connectivity index (χ1) is 12.7. The predicted octanol–water partition coefficient (Wildman–Crippen LogP) is 7.54. The molecule has 0 radical (unpaired) electrons. The Hall–Kier alpha value is -1.89. The summed E-state index contributed by atoms with van der Waals surface area (Å²) in [6, 6.07) is 17.5. The van der Waals surface area contributed by atoms with Crippen molar-refractivity contribution in [3.63, 3.8) is 0 Å². The first-order valence-corrected chi connectivity index (χ1v) is 10.4. The van der Waals surface area contributed by atoms with Crippen molar-refractivity contribution in [2.45, 2.75) is 72.1 Å². The summed E-state index contributed by atoms with van der Waals surface area (Å²) in [5, 5.41) is 0. The van der Waals surface area contributed by atoms with Crippen LogP contribution in [0.25, 0.3) is 0 Å². The molecule has 140 valence electrons. The van der Waals surface area contributed by atoms with E-state index in [0.29, 0.717) is 5.92 Å². The van der Waals surface area contributed by atoms with Gasteiger partial charge in [-0.1, -0.05) is 89.3 Å². The number of rotatable bonds is 11. The molecule has 2 aromatic carbocycles. The van der Waals surface area contributed by atoms with Gasteiger partial charge in [-0.2, -0.15) is 0 Å². The lowest BCUT2D eigenvalue weighted by molar-refractivity contribution is 0.607. The number of nitrogens with zero attached hydrogens (tertiary/aromatic N) is 1. The minimum atomic E-state index is 0.694. The minimum absolute atomic E-state index is 0.694. The van der Waals surface area contributed by atoms with Gasteiger partial charge in [-0.25, -0.2) is 0 Å². The summed E-state index contributed by atoms with van der Waals surface area (Å²) in [5.74, 6) is 0.694. The van der Waals surface area contributed by atoms with Crippen molar-refractivity contribution in [3.05, 3.63) is 65.2 Å². The van der Waals surface area contributed by atoms with Crippen LogP contribution >= 0.6 is 0 Å². The fourth-order valence-corrected chi connectivity index (χ4v) is 3.22. The predicted molar refractivity (Wildman–Crippen MR) is 116 cm³/mol. The maximum Gasteiger partial charge on any atom is 0.0630 e. The second-order valence-electron chi connectivity index (χ2n) is 7.78. The molecule has 2 aromatic rings. The standard InChI is InChI=1S/C25H35N/c1-4-5-6-7-8-9-10-22-11-13-24(14-12-22)20-26-25-17-15-23(16-18-25)19-21(2)3/h11-18,20-21H,4-10,19H2,1-3H3. The van der Waals surface area contributed by atoms with E-state index < -0.39 is 0 Å². The Kier molecular flexibility index (Phi) is 9.17. The zero-order valence-electron chi connectivity index (χ0n) is 16.9. The van der Waals surface area contributed by atoms with E-state index >= 15 is 0 Å². The van der Waals surface area contributed by atoms with E-state index in [1.54, 1.807) is 0 Å². The Morgan fingerprint density at radius 1 is 0.769 bits per heavy atom. The van der Waals surface area contributed by atoms with Gasteiger partial charge >= 0.3 is 0 Å². The van der Waals surface area contributed by atoms with E-state index in [9.17, 15) is 0 Å². The van der Waals surface area contributed by atoms with Crippen LogP contribution in [0, 0.1) is 5.92 Å². The highest BCUT2D eigenvalue weighted by molar-refractivity contribution is 5.81. The molecule has 0 saturated carbocycles. The molecule has 0 atom stereocenters. The lowest BCUT2D eigenvalue weighted by Gasteiger charge is -2.04. The van der Waals surface area contributed by atoms with Gasteiger partial charge in [0.1, 0.15) is 0 Å². The Balaban J connectivity index is 1.78. The van der Waals surface area contributed by atoms with E-state index in [0.717, 1.165) is 12.1 Å². The van der Waals surface area contributed by atoms with Crippen molar-refractivity contribution >= 4 is 11.9 Å². The zero-order chi connectivity index (χ0) is 18.6. The molecule has 0 aliphatic heterocycles. The Labute approximate surface area is 160 Å². The van der Waals surface area contributed by atoms with E-state index in [4.69, 9.17) is 0 Å². The molecule has 0 spiro atoms. The van der Waals surface area contributed by atoms with Crippen LogP contribution in [-0.4, -0.2) is 6.21 Å². The van der Waals surface area contributed by atoms with Crippen molar-refractivity contribution in [1.29, 1.82) is 0 Å². The second-order valence-corrected chi connectivity index (χ2v) is 7.78. The van der Waals surface area contributed by atoms with Gasteiger partial charge in [0, 0.05) is 6.21 Å². The van der Waals surface area contributed by atoms with Crippen molar-refractivity contribution < 1.29 is 0 Å².